The third-order valence-corrected chi connectivity index (χ3v) is 5.81. The van der Waals surface area contributed by atoms with E-state index in [4.69, 9.17) is 0 Å². The molecule has 2 aromatic carbocycles. The first-order valence-corrected chi connectivity index (χ1v) is 9.79. The summed E-state index contributed by atoms with van der Waals surface area (Å²) in [6.07, 6.45) is 2.37. The molecule has 29 heavy (non-hydrogen) atoms. The van der Waals surface area contributed by atoms with Crippen molar-refractivity contribution < 1.29 is 4.39 Å². The maximum atomic E-state index is 14.3. The van der Waals surface area contributed by atoms with Crippen LogP contribution in [0.15, 0.2) is 65.6 Å². The molecule has 2 aromatic heterocycles. The van der Waals surface area contributed by atoms with Gasteiger partial charge in [0.2, 0.25) is 0 Å². The summed E-state index contributed by atoms with van der Waals surface area (Å²) in [4.78, 5) is 22.6. The molecule has 5 rings (SSSR count). The van der Waals surface area contributed by atoms with Crippen molar-refractivity contribution in [2.24, 2.45) is 0 Å². The predicted molar refractivity (Wildman–Crippen MR) is 110 cm³/mol. The van der Waals surface area contributed by atoms with Crippen molar-refractivity contribution in [2.45, 2.75) is 25.9 Å². The first-order valence-electron chi connectivity index (χ1n) is 9.79. The van der Waals surface area contributed by atoms with E-state index in [0.717, 1.165) is 24.2 Å². The molecular weight excluding hydrogens is 367 g/mol. The van der Waals surface area contributed by atoms with E-state index in [0.29, 0.717) is 23.4 Å². The van der Waals surface area contributed by atoms with Crippen molar-refractivity contribution in [3.63, 3.8) is 0 Å². The SMILES string of the molecule is C[C@@H](c1ccccc1)N1CCc2[nH]c(=O)n3cc(-c4ccccc4F)nc3c2C1. The molecule has 1 aliphatic heterocycles. The molecule has 0 radical (unpaired) electrons. The van der Waals surface area contributed by atoms with Gasteiger partial charge in [0.1, 0.15) is 11.5 Å². The van der Waals surface area contributed by atoms with E-state index in [1.165, 1.54) is 16.0 Å². The molecule has 0 fully saturated rings. The van der Waals surface area contributed by atoms with Gasteiger partial charge < -0.3 is 4.98 Å². The van der Waals surface area contributed by atoms with Crippen LogP contribution < -0.4 is 5.69 Å². The van der Waals surface area contributed by atoms with Crippen LogP contribution in [0, 0.1) is 5.82 Å². The molecule has 4 aromatic rings. The second-order valence-corrected chi connectivity index (χ2v) is 7.49. The smallest absolute Gasteiger partial charge is 0.310 e. The molecule has 0 saturated heterocycles. The first kappa shape index (κ1) is 17.8. The van der Waals surface area contributed by atoms with Crippen LogP contribution in [0.25, 0.3) is 16.9 Å². The number of aromatic nitrogens is 3. The van der Waals surface area contributed by atoms with Gasteiger partial charge in [-0.3, -0.25) is 9.30 Å². The number of benzene rings is 2. The van der Waals surface area contributed by atoms with E-state index in [1.54, 1.807) is 24.4 Å². The lowest BCUT2D eigenvalue weighted by Gasteiger charge is -2.33. The van der Waals surface area contributed by atoms with E-state index in [1.807, 2.05) is 6.07 Å². The van der Waals surface area contributed by atoms with Crippen LogP contribution in [0.5, 0.6) is 0 Å². The summed E-state index contributed by atoms with van der Waals surface area (Å²) in [5.41, 5.74) is 4.41. The quantitative estimate of drug-likeness (QED) is 0.578. The molecule has 5 nitrogen and oxygen atoms in total. The van der Waals surface area contributed by atoms with Gasteiger partial charge in [-0.05, 0) is 24.6 Å². The van der Waals surface area contributed by atoms with Crippen molar-refractivity contribution in [1.29, 1.82) is 0 Å². The zero-order valence-corrected chi connectivity index (χ0v) is 16.1. The minimum absolute atomic E-state index is 0.238. The number of nitrogens with one attached hydrogen (secondary N) is 1. The first-order chi connectivity index (χ1) is 14.1. The molecule has 0 unspecified atom stereocenters. The average molecular weight is 388 g/mol. The number of rotatable bonds is 3. The molecular formula is C23H21FN4O. The molecule has 1 N–H and O–H groups in total. The summed E-state index contributed by atoms with van der Waals surface area (Å²) in [5.74, 6) is -0.347. The zero-order valence-electron chi connectivity index (χ0n) is 16.1. The Bertz CT molecular complexity index is 1240. The molecule has 0 spiro atoms. The van der Waals surface area contributed by atoms with Gasteiger partial charge in [-0.1, -0.05) is 42.5 Å². The fraction of sp³-hybridized carbons (Fsp3) is 0.217. The number of imidazole rings is 1. The van der Waals surface area contributed by atoms with Crippen molar-refractivity contribution in [1.82, 2.24) is 19.3 Å². The Morgan fingerprint density at radius 1 is 1.10 bits per heavy atom. The van der Waals surface area contributed by atoms with Crippen LogP contribution in [-0.2, 0) is 13.0 Å². The normalized spacial score (nSPS) is 15.4. The number of nitrogens with zero attached hydrogens (tertiary/aromatic N) is 3. The Labute approximate surface area is 167 Å². The van der Waals surface area contributed by atoms with Gasteiger partial charge in [0.25, 0.3) is 0 Å². The van der Waals surface area contributed by atoms with Gasteiger partial charge in [0.05, 0.1) is 5.69 Å². The fourth-order valence-corrected chi connectivity index (χ4v) is 4.14. The minimum atomic E-state index is -0.347. The van der Waals surface area contributed by atoms with Gasteiger partial charge in [-0.2, -0.15) is 0 Å². The Kier molecular flexibility index (Phi) is 4.28. The monoisotopic (exact) mass is 388 g/mol. The molecule has 3 heterocycles. The molecule has 0 saturated carbocycles. The van der Waals surface area contributed by atoms with Crippen molar-refractivity contribution >= 4 is 5.65 Å². The maximum absolute atomic E-state index is 14.3. The molecule has 0 amide bonds. The van der Waals surface area contributed by atoms with Crippen LogP contribution in [0.4, 0.5) is 4.39 Å². The van der Waals surface area contributed by atoms with E-state index in [-0.39, 0.29) is 17.5 Å². The van der Waals surface area contributed by atoms with E-state index >= 15 is 0 Å². The van der Waals surface area contributed by atoms with Gasteiger partial charge in [-0.15, -0.1) is 0 Å². The molecule has 0 bridgehead atoms. The Balaban J connectivity index is 1.58. The molecule has 6 heteroatoms. The fourth-order valence-electron chi connectivity index (χ4n) is 4.14. The maximum Gasteiger partial charge on any atom is 0.331 e. The standard InChI is InChI=1S/C23H21FN4O/c1-15(16-7-3-2-4-8-16)27-12-11-20-18(13-27)22-25-21(14-28(22)23(29)26-20)17-9-5-6-10-19(17)24/h2-10,14-15H,11-13H2,1H3,(H,26,29)/t15-/m0/s1. The van der Waals surface area contributed by atoms with Crippen molar-refractivity contribution in [3.05, 3.63) is 93.9 Å². The van der Waals surface area contributed by atoms with Crippen molar-refractivity contribution in [2.75, 3.05) is 6.54 Å². The third-order valence-electron chi connectivity index (χ3n) is 5.81. The zero-order chi connectivity index (χ0) is 20.0. The summed E-state index contributed by atoms with van der Waals surface area (Å²) in [6, 6.07) is 17.1. The largest absolute Gasteiger partial charge is 0.331 e. The number of hydrogen-bond donors (Lipinski definition) is 1. The Morgan fingerprint density at radius 2 is 1.86 bits per heavy atom. The molecule has 0 aliphatic carbocycles. The predicted octanol–water partition coefficient (Wildman–Crippen LogP) is 3.95. The summed E-state index contributed by atoms with van der Waals surface area (Å²) >= 11 is 0. The highest BCUT2D eigenvalue weighted by molar-refractivity contribution is 5.65. The summed E-state index contributed by atoms with van der Waals surface area (Å²) in [6.45, 7) is 3.73. The number of fused-ring (bicyclic) bond motifs is 3. The Hall–Kier alpha value is -3.25. The topological polar surface area (TPSA) is 53.4 Å². The van der Waals surface area contributed by atoms with Gasteiger partial charge in [0, 0.05) is 48.6 Å². The number of hydrogen-bond acceptors (Lipinski definition) is 3. The highest BCUT2D eigenvalue weighted by Crippen LogP contribution is 2.29. The van der Waals surface area contributed by atoms with E-state index in [9.17, 15) is 9.18 Å². The molecule has 1 aliphatic rings. The van der Waals surface area contributed by atoms with Crippen LogP contribution in [0.2, 0.25) is 0 Å². The second kappa shape index (κ2) is 6.97. The van der Waals surface area contributed by atoms with E-state index < -0.39 is 0 Å². The second-order valence-electron chi connectivity index (χ2n) is 7.49. The van der Waals surface area contributed by atoms with Crippen molar-refractivity contribution in [3.8, 4) is 11.3 Å². The highest BCUT2D eigenvalue weighted by Gasteiger charge is 2.26. The van der Waals surface area contributed by atoms with Gasteiger partial charge in [0.15, 0.2) is 0 Å². The molecule has 146 valence electrons. The third kappa shape index (κ3) is 3.06. The summed E-state index contributed by atoms with van der Waals surface area (Å²) < 4.78 is 15.8. The average Bonchev–Trinajstić information content (AvgIpc) is 3.20. The summed E-state index contributed by atoms with van der Waals surface area (Å²) in [7, 11) is 0. The van der Waals surface area contributed by atoms with Crippen LogP contribution >= 0.6 is 0 Å². The summed E-state index contributed by atoms with van der Waals surface area (Å²) in [5, 5.41) is 0. The minimum Gasteiger partial charge on any atom is -0.310 e. The van der Waals surface area contributed by atoms with E-state index in [2.05, 4.69) is 46.1 Å². The lowest BCUT2D eigenvalue weighted by molar-refractivity contribution is 0.191. The number of halogens is 1. The lowest BCUT2D eigenvalue weighted by atomic mass is 10.0. The van der Waals surface area contributed by atoms with Crippen LogP contribution in [0.3, 0.4) is 0 Å². The van der Waals surface area contributed by atoms with Crippen LogP contribution in [0.1, 0.15) is 29.8 Å². The number of aromatic amines is 1. The van der Waals surface area contributed by atoms with Gasteiger partial charge >= 0.3 is 5.69 Å². The number of H-pyrrole nitrogens is 1. The lowest BCUT2D eigenvalue weighted by Crippen LogP contribution is -2.35. The highest BCUT2D eigenvalue weighted by atomic mass is 19.1. The Morgan fingerprint density at radius 3 is 2.66 bits per heavy atom. The van der Waals surface area contributed by atoms with Crippen LogP contribution in [-0.4, -0.2) is 25.8 Å². The molecule has 1 atom stereocenters. The van der Waals surface area contributed by atoms with Gasteiger partial charge in [-0.25, -0.2) is 14.2 Å².